The van der Waals surface area contributed by atoms with E-state index >= 15 is 0 Å². The number of anilines is 2. The molecule has 0 bridgehead atoms. The lowest BCUT2D eigenvalue weighted by Gasteiger charge is -2.37. The third-order valence-electron chi connectivity index (χ3n) is 6.84. The van der Waals surface area contributed by atoms with E-state index in [1.54, 1.807) is 0 Å². The van der Waals surface area contributed by atoms with Crippen LogP contribution in [0, 0.1) is 0 Å². The molecule has 0 fully saturated rings. The Morgan fingerprint density at radius 2 is 1.13 bits per heavy atom. The third kappa shape index (κ3) is 3.91. The molecule has 38 heavy (non-hydrogen) atoms. The number of nitrogens with zero attached hydrogens (tertiary/aromatic N) is 2. The van der Waals surface area contributed by atoms with Crippen molar-refractivity contribution in [1.82, 2.24) is 9.78 Å². The minimum Gasteiger partial charge on any atom is -0.399 e. The fourth-order valence-electron chi connectivity index (χ4n) is 5.18. The average Bonchev–Trinajstić information content (AvgIpc) is 3.35. The van der Waals surface area contributed by atoms with E-state index in [1.165, 1.54) is 0 Å². The quantitative estimate of drug-likeness (QED) is 0.200. The van der Waals surface area contributed by atoms with Gasteiger partial charge in [0.1, 0.15) is 5.54 Å². The number of aromatic nitrogens is 2. The maximum absolute atomic E-state index is 13.7. The number of nitrogens with two attached hydrogens (primary N) is 1. The van der Waals surface area contributed by atoms with Crippen LogP contribution in [0.2, 0.25) is 0 Å². The number of nitrogens with one attached hydrogen (secondary N) is 1. The summed E-state index contributed by atoms with van der Waals surface area (Å²) in [4.78, 5) is 13.7. The first-order valence-electron chi connectivity index (χ1n) is 12.5. The predicted molar refractivity (Wildman–Crippen MR) is 153 cm³/mol. The third-order valence-corrected chi connectivity index (χ3v) is 6.84. The zero-order chi connectivity index (χ0) is 26.0. The molecule has 0 aliphatic carbocycles. The lowest BCUT2D eigenvalue weighted by atomic mass is 9.77. The van der Waals surface area contributed by atoms with Crippen LogP contribution in [0.25, 0.3) is 10.9 Å². The van der Waals surface area contributed by atoms with Crippen molar-refractivity contribution >= 4 is 28.2 Å². The Balaban J connectivity index is 1.69. The summed E-state index contributed by atoms with van der Waals surface area (Å²) in [6.07, 6.45) is 0. The highest BCUT2D eigenvalue weighted by molar-refractivity contribution is 6.11. The van der Waals surface area contributed by atoms with Gasteiger partial charge in [-0.2, -0.15) is 5.10 Å². The Hall–Kier alpha value is -5.16. The number of carbonyl (C=O) groups is 1. The highest BCUT2D eigenvalue weighted by Crippen LogP contribution is 2.43. The first-order chi connectivity index (χ1) is 18.7. The number of benzene rings is 5. The number of hydrogen-bond donors (Lipinski definition) is 2. The smallest absolute Gasteiger partial charge is 0.276 e. The number of amides is 1. The lowest BCUT2D eigenvalue weighted by molar-refractivity contribution is 0.102. The van der Waals surface area contributed by atoms with Gasteiger partial charge in [0.15, 0.2) is 5.69 Å². The average molecular weight is 495 g/mol. The molecular formula is C33H26N4O. The molecule has 5 heteroatoms. The number of para-hydroxylation sites is 1. The summed E-state index contributed by atoms with van der Waals surface area (Å²) in [5.74, 6) is -0.298. The van der Waals surface area contributed by atoms with Gasteiger partial charge in [-0.1, -0.05) is 109 Å². The molecule has 3 N–H and O–H groups in total. The highest BCUT2D eigenvalue weighted by atomic mass is 16.2. The summed E-state index contributed by atoms with van der Waals surface area (Å²) in [6.45, 7) is 0. The number of nitrogen functional groups attached to an aromatic ring is 1. The van der Waals surface area contributed by atoms with Crippen LogP contribution in [0.5, 0.6) is 0 Å². The molecule has 0 unspecified atom stereocenters. The first kappa shape index (κ1) is 23.3. The van der Waals surface area contributed by atoms with Gasteiger partial charge in [-0.25, -0.2) is 4.68 Å². The fraction of sp³-hybridized carbons (Fsp3) is 0.0303. The van der Waals surface area contributed by atoms with Crippen LogP contribution in [0.1, 0.15) is 27.2 Å². The largest absolute Gasteiger partial charge is 0.399 e. The monoisotopic (exact) mass is 494 g/mol. The predicted octanol–water partition coefficient (Wildman–Crippen LogP) is 6.71. The van der Waals surface area contributed by atoms with Crippen molar-refractivity contribution < 1.29 is 4.79 Å². The van der Waals surface area contributed by atoms with Gasteiger partial charge in [0.05, 0.1) is 5.52 Å². The van der Waals surface area contributed by atoms with E-state index in [0.29, 0.717) is 22.5 Å². The van der Waals surface area contributed by atoms with Crippen LogP contribution >= 0.6 is 0 Å². The van der Waals surface area contributed by atoms with Crippen LogP contribution in [0.3, 0.4) is 0 Å². The standard InChI is InChI=1S/C33H26N4O/c34-27-21-22-30-29(23-27)31(32(38)35-28-19-11-4-12-20-28)36-37(30)33(24-13-5-1-6-14-24,25-15-7-2-8-16-25)26-17-9-3-10-18-26/h1-23H,34H2,(H,35,38). The second-order valence-corrected chi connectivity index (χ2v) is 9.17. The minimum absolute atomic E-state index is 0.298. The van der Waals surface area contributed by atoms with E-state index in [1.807, 2.05) is 108 Å². The van der Waals surface area contributed by atoms with E-state index in [9.17, 15) is 4.79 Å². The summed E-state index contributed by atoms with van der Waals surface area (Å²) >= 11 is 0. The molecule has 5 aromatic carbocycles. The molecule has 0 atom stereocenters. The van der Waals surface area contributed by atoms with Crippen LogP contribution in [-0.4, -0.2) is 15.7 Å². The minimum atomic E-state index is -0.858. The Morgan fingerprint density at radius 3 is 1.63 bits per heavy atom. The van der Waals surface area contributed by atoms with Gasteiger partial charge in [0.2, 0.25) is 0 Å². The summed E-state index contributed by atoms with van der Waals surface area (Å²) in [6, 6.07) is 45.8. The maximum atomic E-state index is 13.7. The molecule has 0 saturated carbocycles. The zero-order valence-electron chi connectivity index (χ0n) is 20.7. The van der Waals surface area contributed by atoms with E-state index < -0.39 is 5.54 Å². The SMILES string of the molecule is Nc1ccc2c(c1)c(C(=O)Nc1ccccc1)nn2C(c1ccccc1)(c1ccccc1)c1ccccc1. The Kier molecular flexibility index (Phi) is 5.94. The van der Waals surface area contributed by atoms with Crippen LogP contribution < -0.4 is 11.1 Å². The molecular weight excluding hydrogens is 468 g/mol. The molecule has 6 aromatic rings. The number of hydrogen-bond acceptors (Lipinski definition) is 3. The van der Waals surface area contributed by atoms with E-state index in [-0.39, 0.29) is 5.91 Å². The van der Waals surface area contributed by atoms with Gasteiger partial charge < -0.3 is 11.1 Å². The van der Waals surface area contributed by atoms with E-state index in [0.717, 1.165) is 22.2 Å². The molecule has 0 spiro atoms. The van der Waals surface area contributed by atoms with Crippen LogP contribution in [-0.2, 0) is 5.54 Å². The van der Waals surface area contributed by atoms with Gasteiger partial charge in [-0.15, -0.1) is 0 Å². The van der Waals surface area contributed by atoms with Gasteiger partial charge >= 0.3 is 0 Å². The van der Waals surface area contributed by atoms with E-state index in [2.05, 4.69) is 41.7 Å². The Labute approximate surface area is 221 Å². The van der Waals surface area contributed by atoms with Crippen molar-refractivity contribution in [3.8, 4) is 0 Å². The maximum Gasteiger partial charge on any atom is 0.276 e. The zero-order valence-corrected chi connectivity index (χ0v) is 20.7. The summed E-state index contributed by atoms with van der Waals surface area (Å²) in [7, 11) is 0. The molecule has 1 heterocycles. The summed E-state index contributed by atoms with van der Waals surface area (Å²) in [5, 5.41) is 8.76. The molecule has 0 aliphatic heterocycles. The lowest BCUT2D eigenvalue weighted by Crippen LogP contribution is -2.38. The van der Waals surface area contributed by atoms with Crippen LogP contribution in [0.4, 0.5) is 11.4 Å². The van der Waals surface area contributed by atoms with Gasteiger partial charge in [-0.05, 0) is 47.0 Å². The topological polar surface area (TPSA) is 72.9 Å². The second kappa shape index (κ2) is 9.71. The molecule has 0 saturated heterocycles. The molecule has 0 radical (unpaired) electrons. The van der Waals surface area contributed by atoms with Crippen molar-refractivity contribution in [1.29, 1.82) is 0 Å². The Morgan fingerprint density at radius 1 is 0.658 bits per heavy atom. The van der Waals surface area contributed by atoms with Crippen molar-refractivity contribution in [2.75, 3.05) is 11.1 Å². The molecule has 5 nitrogen and oxygen atoms in total. The van der Waals surface area contributed by atoms with Crippen LogP contribution in [0.15, 0.2) is 140 Å². The molecule has 184 valence electrons. The van der Waals surface area contributed by atoms with Crippen molar-refractivity contribution in [2.24, 2.45) is 0 Å². The fourth-order valence-corrected chi connectivity index (χ4v) is 5.18. The highest BCUT2D eigenvalue weighted by Gasteiger charge is 2.41. The van der Waals surface area contributed by atoms with Gasteiger partial charge in [0, 0.05) is 16.8 Å². The summed E-state index contributed by atoms with van der Waals surface area (Å²) < 4.78 is 1.97. The van der Waals surface area contributed by atoms with Gasteiger partial charge in [-0.3, -0.25) is 4.79 Å². The van der Waals surface area contributed by atoms with Crippen molar-refractivity contribution in [2.45, 2.75) is 5.54 Å². The number of rotatable bonds is 6. The van der Waals surface area contributed by atoms with E-state index in [4.69, 9.17) is 10.8 Å². The molecule has 1 aromatic heterocycles. The number of fused-ring (bicyclic) bond motifs is 1. The Bertz CT molecular complexity index is 1600. The first-order valence-corrected chi connectivity index (χ1v) is 12.5. The normalized spacial score (nSPS) is 11.4. The molecule has 6 rings (SSSR count). The summed E-state index contributed by atoms with van der Waals surface area (Å²) in [5.41, 5.74) is 10.8. The molecule has 1 amide bonds. The van der Waals surface area contributed by atoms with Crippen molar-refractivity contribution in [3.05, 3.63) is 162 Å². The molecule has 0 aliphatic rings. The number of carbonyl (C=O) groups excluding carboxylic acids is 1. The second-order valence-electron chi connectivity index (χ2n) is 9.17. The van der Waals surface area contributed by atoms with Crippen molar-refractivity contribution in [3.63, 3.8) is 0 Å². The van der Waals surface area contributed by atoms with Gasteiger partial charge in [0.25, 0.3) is 5.91 Å².